The minimum atomic E-state index is -3.68. The molecule has 2 aromatic carbocycles. The summed E-state index contributed by atoms with van der Waals surface area (Å²) in [7, 11) is -3.68. The van der Waals surface area contributed by atoms with Gasteiger partial charge in [-0.05, 0) is 61.6 Å². The maximum atomic E-state index is 12.8. The number of sulfonamides is 1. The summed E-state index contributed by atoms with van der Waals surface area (Å²) in [5.74, 6) is -0.0229. The van der Waals surface area contributed by atoms with Gasteiger partial charge in [-0.2, -0.15) is 0 Å². The predicted molar refractivity (Wildman–Crippen MR) is 99.5 cm³/mol. The molecule has 0 fully saturated rings. The fourth-order valence-electron chi connectivity index (χ4n) is 3.24. The van der Waals surface area contributed by atoms with E-state index in [2.05, 4.69) is 4.72 Å². The van der Waals surface area contributed by atoms with Gasteiger partial charge in [-0.25, -0.2) is 8.42 Å². The van der Waals surface area contributed by atoms with Gasteiger partial charge in [0.25, 0.3) is 10.0 Å². The molecule has 1 N–H and O–H groups in total. The second kappa shape index (κ2) is 6.52. The minimum Gasteiger partial charge on any atom is -0.312 e. The number of hydrogen-bond donors (Lipinski definition) is 1. The number of fused-ring (bicyclic) bond motifs is 1. The monoisotopic (exact) mass is 358 g/mol. The van der Waals surface area contributed by atoms with E-state index in [1.807, 2.05) is 32.0 Å². The summed E-state index contributed by atoms with van der Waals surface area (Å²) in [6, 6.07) is 10.6. The quantitative estimate of drug-likeness (QED) is 0.914. The Morgan fingerprint density at radius 2 is 1.80 bits per heavy atom. The van der Waals surface area contributed by atoms with Crippen LogP contribution in [0.5, 0.6) is 0 Å². The molecule has 132 valence electrons. The lowest BCUT2D eigenvalue weighted by Gasteiger charge is -2.29. The van der Waals surface area contributed by atoms with Crippen LogP contribution in [0, 0.1) is 13.8 Å². The van der Waals surface area contributed by atoms with Gasteiger partial charge < -0.3 is 4.90 Å². The van der Waals surface area contributed by atoms with Crippen LogP contribution >= 0.6 is 0 Å². The largest absolute Gasteiger partial charge is 0.312 e. The fraction of sp³-hybridized carbons (Fsp3) is 0.316. The lowest BCUT2D eigenvalue weighted by molar-refractivity contribution is -0.116. The highest BCUT2D eigenvalue weighted by atomic mass is 32.2. The first-order valence-corrected chi connectivity index (χ1v) is 9.78. The van der Waals surface area contributed by atoms with Gasteiger partial charge in [-0.3, -0.25) is 9.52 Å². The van der Waals surface area contributed by atoms with E-state index in [9.17, 15) is 13.2 Å². The van der Waals surface area contributed by atoms with Crippen molar-refractivity contribution in [3.05, 3.63) is 53.1 Å². The van der Waals surface area contributed by atoms with Crippen LogP contribution in [0.3, 0.4) is 0 Å². The van der Waals surface area contributed by atoms with E-state index in [0.717, 1.165) is 35.2 Å². The average Bonchev–Trinajstić information content (AvgIpc) is 2.57. The van der Waals surface area contributed by atoms with E-state index < -0.39 is 10.0 Å². The van der Waals surface area contributed by atoms with Crippen molar-refractivity contribution in [3.8, 4) is 0 Å². The standard InChI is InChI=1S/C19H22N2O3S/c1-13-6-4-7-14(2)19(13)20-25(23,24)17-9-10-18-16(12-17)8-5-11-21(18)15(3)22/h4,6-7,9-10,12,20H,5,8,11H2,1-3H3. The summed E-state index contributed by atoms with van der Waals surface area (Å²) in [5, 5.41) is 0. The number of amides is 1. The molecule has 5 nitrogen and oxygen atoms in total. The summed E-state index contributed by atoms with van der Waals surface area (Å²) in [5.41, 5.74) is 4.08. The molecule has 1 amide bonds. The Bertz CT molecular complexity index is 915. The van der Waals surface area contributed by atoms with E-state index in [0.29, 0.717) is 12.2 Å². The maximum Gasteiger partial charge on any atom is 0.261 e. The molecule has 0 radical (unpaired) electrons. The molecule has 1 aliphatic heterocycles. The molecule has 0 unspecified atom stereocenters. The van der Waals surface area contributed by atoms with Crippen molar-refractivity contribution in [1.29, 1.82) is 0 Å². The zero-order valence-corrected chi connectivity index (χ0v) is 15.5. The van der Waals surface area contributed by atoms with Crippen molar-refractivity contribution in [3.63, 3.8) is 0 Å². The first kappa shape index (κ1) is 17.5. The van der Waals surface area contributed by atoms with Gasteiger partial charge in [0.05, 0.1) is 10.6 Å². The van der Waals surface area contributed by atoms with Crippen LogP contribution < -0.4 is 9.62 Å². The van der Waals surface area contributed by atoms with Gasteiger partial charge in [0.15, 0.2) is 0 Å². The molecule has 2 aromatic rings. The molecular weight excluding hydrogens is 336 g/mol. The Morgan fingerprint density at radius 3 is 2.44 bits per heavy atom. The number of hydrogen-bond acceptors (Lipinski definition) is 3. The van der Waals surface area contributed by atoms with Gasteiger partial charge in [-0.1, -0.05) is 18.2 Å². The highest BCUT2D eigenvalue weighted by molar-refractivity contribution is 7.92. The van der Waals surface area contributed by atoms with Crippen molar-refractivity contribution in [2.24, 2.45) is 0 Å². The number of carbonyl (C=O) groups excluding carboxylic acids is 1. The highest BCUT2D eigenvalue weighted by Gasteiger charge is 2.23. The zero-order chi connectivity index (χ0) is 18.2. The Morgan fingerprint density at radius 1 is 1.12 bits per heavy atom. The summed E-state index contributed by atoms with van der Waals surface area (Å²) >= 11 is 0. The van der Waals surface area contributed by atoms with Crippen LogP contribution in [-0.4, -0.2) is 20.9 Å². The molecule has 0 atom stereocenters. The molecule has 1 heterocycles. The van der Waals surface area contributed by atoms with E-state index in [4.69, 9.17) is 0 Å². The third kappa shape index (κ3) is 3.39. The van der Waals surface area contributed by atoms with E-state index in [-0.39, 0.29) is 10.8 Å². The lowest BCUT2D eigenvalue weighted by Crippen LogP contribution is -2.33. The van der Waals surface area contributed by atoms with E-state index in [1.54, 1.807) is 23.1 Å². The SMILES string of the molecule is CC(=O)N1CCCc2cc(S(=O)(=O)Nc3c(C)cccc3C)ccc21. The third-order valence-corrected chi connectivity index (χ3v) is 5.92. The molecule has 25 heavy (non-hydrogen) atoms. The number of nitrogens with zero attached hydrogens (tertiary/aromatic N) is 1. The normalized spacial score (nSPS) is 14.1. The number of para-hydroxylation sites is 1. The third-order valence-electron chi connectivity index (χ3n) is 4.58. The zero-order valence-electron chi connectivity index (χ0n) is 14.7. The van der Waals surface area contributed by atoms with Gasteiger partial charge in [0.2, 0.25) is 5.91 Å². The van der Waals surface area contributed by atoms with Gasteiger partial charge in [-0.15, -0.1) is 0 Å². The van der Waals surface area contributed by atoms with E-state index in [1.165, 1.54) is 6.92 Å². The topological polar surface area (TPSA) is 66.5 Å². The van der Waals surface area contributed by atoms with Crippen LogP contribution in [0.25, 0.3) is 0 Å². The van der Waals surface area contributed by atoms with Crippen LogP contribution in [0.15, 0.2) is 41.3 Å². The summed E-state index contributed by atoms with van der Waals surface area (Å²) in [4.78, 5) is 13.7. The summed E-state index contributed by atoms with van der Waals surface area (Å²) < 4.78 is 28.3. The van der Waals surface area contributed by atoms with Crippen molar-refractivity contribution < 1.29 is 13.2 Å². The first-order valence-electron chi connectivity index (χ1n) is 8.29. The molecule has 0 aliphatic carbocycles. The Hall–Kier alpha value is -2.34. The first-order chi connectivity index (χ1) is 11.8. The summed E-state index contributed by atoms with van der Waals surface area (Å²) in [6.45, 7) is 5.96. The van der Waals surface area contributed by atoms with Crippen LogP contribution in [0.4, 0.5) is 11.4 Å². The summed E-state index contributed by atoms with van der Waals surface area (Å²) in [6.07, 6.45) is 1.60. The second-order valence-electron chi connectivity index (χ2n) is 6.44. The molecule has 0 spiro atoms. The lowest BCUT2D eigenvalue weighted by atomic mass is 10.0. The second-order valence-corrected chi connectivity index (χ2v) is 8.12. The molecular formula is C19H22N2O3S. The van der Waals surface area contributed by atoms with Crippen molar-refractivity contribution in [2.75, 3.05) is 16.2 Å². The number of carbonyl (C=O) groups is 1. The fourth-order valence-corrected chi connectivity index (χ4v) is 4.49. The number of aryl methyl sites for hydroxylation is 3. The minimum absolute atomic E-state index is 0.0229. The number of benzene rings is 2. The van der Waals surface area contributed by atoms with Crippen molar-refractivity contribution in [1.82, 2.24) is 0 Å². The van der Waals surface area contributed by atoms with Crippen molar-refractivity contribution >= 4 is 27.3 Å². The predicted octanol–water partition coefficient (Wildman–Crippen LogP) is 3.40. The van der Waals surface area contributed by atoms with Crippen LogP contribution in [-0.2, 0) is 21.2 Å². The molecule has 1 aliphatic rings. The van der Waals surface area contributed by atoms with E-state index >= 15 is 0 Å². The number of rotatable bonds is 3. The molecule has 3 rings (SSSR count). The van der Waals surface area contributed by atoms with Gasteiger partial charge >= 0.3 is 0 Å². The Balaban J connectivity index is 1.98. The molecule has 6 heteroatoms. The molecule has 0 saturated carbocycles. The number of anilines is 2. The number of nitrogens with one attached hydrogen (secondary N) is 1. The molecule has 0 bridgehead atoms. The van der Waals surface area contributed by atoms with Crippen molar-refractivity contribution in [2.45, 2.75) is 38.5 Å². The Labute approximate surface area is 148 Å². The molecule has 0 aromatic heterocycles. The maximum absolute atomic E-state index is 12.8. The van der Waals surface area contributed by atoms with Gasteiger partial charge in [0.1, 0.15) is 0 Å². The smallest absolute Gasteiger partial charge is 0.261 e. The van der Waals surface area contributed by atoms with Crippen LogP contribution in [0.1, 0.15) is 30.0 Å². The Kier molecular flexibility index (Phi) is 4.56. The molecule has 0 saturated heterocycles. The average molecular weight is 358 g/mol. The van der Waals surface area contributed by atoms with Crippen LogP contribution in [0.2, 0.25) is 0 Å². The van der Waals surface area contributed by atoms with Gasteiger partial charge in [0, 0.05) is 19.2 Å². The highest BCUT2D eigenvalue weighted by Crippen LogP contribution is 2.31.